The summed E-state index contributed by atoms with van der Waals surface area (Å²) in [6.07, 6.45) is 4.23. The molecule has 6 nitrogen and oxygen atoms in total. The van der Waals surface area contributed by atoms with E-state index in [1.807, 2.05) is 9.80 Å². The molecular weight excluding hydrogens is 455 g/mol. The van der Waals surface area contributed by atoms with Gasteiger partial charge in [-0.15, -0.1) is 17.9 Å². The smallest absolute Gasteiger partial charge is 0.237 e. The molecule has 186 valence electrons. The number of nitrogens with zero attached hydrogens (tertiary/aromatic N) is 2. The van der Waals surface area contributed by atoms with E-state index in [2.05, 4.69) is 18.0 Å². The lowest BCUT2D eigenvalue weighted by Gasteiger charge is -2.37. The van der Waals surface area contributed by atoms with Gasteiger partial charge >= 0.3 is 0 Å². The second kappa shape index (κ2) is 13.6. The summed E-state index contributed by atoms with van der Waals surface area (Å²) in [7, 11) is 1.66. The fourth-order valence-corrected chi connectivity index (χ4v) is 5.16. The Morgan fingerprint density at radius 1 is 1.38 bits per heavy atom. The molecule has 0 saturated heterocycles. The lowest BCUT2D eigenvalue weighted by molar-refractivity contribution is -0.136. The first-order valence-corrected chi connectivity index (χ1v) is 12.6. The van der Waals surface area contributed by atoms with Crippen molar-refractivity contribution in [2.75, 3.05) is 46.5 Å². The minimum atomic E-state index is -0.518. The zero-order valence-corrected chi connectivity index (χ0v) is 20.6. The third-order valence-electron chi connectivity index (χ3n) is 5.99. The van der Waals surface area contributed by atoms with Crippen LogP contribution >= 0.6 is 11.3 Å². The van der Waals surface area contributed by atoms with E-state index < -0.39 is 6.10 Å². The number of hydrogen-bond donors (Lipinski definition) is 1. The molecule has 2 aromatic rings. The number of rotatable bonds is 14. The fraction of sp³-hybridized carbons (Fsp3) is 0.500. The molecule has 1 aliphatic heterocycles. The number of methoxy groups -OCH3 is 1. The zero-order valence-electron chi connectivity index (χ0n) is 19.8. The fourth-order valence-electron chi connectivity index (χ4n) is 4.23. The van der Waals surface area contributed by atoms with Crippen LogP contribution in [0.5, 0.6) is 5.75 Å². The normalized spacial score (nSPS) is 16.4. The molecule has 8 heteroatoms. The molecule has 1 amide bonds. The minimum absolute atomic E-state index is 0.0119. The van der Waals surface area contributed by atoms with Gasteiger partial charge in [0.1, 0.15) is 18.2 Å². The van der Waals surface area contributed by atoms with E-state index in [9.17, 15) is 14.3 Å². The largest absolute Gasteiger partial charge is 0.491 e. The van der Waals surface area contributed by atoms with Crippen molar-refractivity contribution in [3.8, 4) is 5.75 Å². The van der Waals surface area contributed by atoms with Gasteiger partial charge in [0.25, 0.3) is 0 Å². The zero-order chi connectivity index (χ0) is 24.3. The number of carbonyl (C=O) groups is 1. The second-order valence-corrected chi connectivity index (χ2v) is 9.52. The molecule has 1 aromatic carbocycles. The predicted octanol–water partition coefficient (Wildman–Crippen LogP) is 4.06. The van der Waals surface area contributed by atoms with E-state index >= 15 is 0 Å². The molecule has 1 aromatic heterocycles. The van der Waals surface area contributed by atoms with Gasteiger partial charge in [0.15, 0.2) is 0 Å². The average Bonchev–Trinajstić information content (AvgIpc) is 3.31. The number of benzene rings is 1. The first kappa shape index (κ1) is 26.3. The standard InChI is InChI=1S/C26H35FN2O4S/c1-3-4-6-21(30)17-28(13-5-15-32-2)18-26(31)29-14-11-25-23(12-16-34-25)24(29)19-33-22-9-7-20(27)8-10-22/h3,7-10,12,16,21,24,30H,1,4-6,11,13-15,17-19H2,2H3/t21-,24+/m1/s1. The number of allylic oxidation sites excluding steroid dienone is 1. The molecule has 0 unspecified atom stereocenters. The van der Waals surface area contributed by atoms with E-state index in [1.165, 1.54) is 17.0 Å². The quantitative estimate of drug-likeness (QED) is 0.320. The number of halogens is 1. The van der Waals surface area contributed by atoms with Gasteiger partial charge in [0, 0.05) is 38.2 Å². The van der Waals surface area contributed by atoms with Crippen LogP contribution in [0, 0.1) is 5.82 Å². The Morgan fingerprint density at radius 3 is 2.91 bits per heavy atom. The van der Waals surface area contributed by atoms with Gasteiger partial charge in [-0.05, 0) is 67.0 Å². The molecule has 3 rings (SSSR count). The first-order valence-electron chi connectivity index (χ1n) is 11.8. The highest BCUT2D eigenvalue weighted by Gasteiger charge is 2.33. The van der Waals surface area contributed by atoms with Gasteiger partial charge in [0.2, 0.25) is 5.91 Å². The Hall–Kier alpha value is -2.26. The van der Waals surface area contributed by atoms with Crippen LogP contribution in [-0.4, -0.2) is 73.4 Å². The Balaban J connectivity index is 1.69. The highest BCUT2D eigenvalue weighted by Crippen LogP contribution is 2.34. The van der Waals surface area contributed by atoms with Crippen molar-refractivity contribution in [1.29, 1.82) is 0 Å². The summed E-state index contributed by atoms with van der Waals surface area (Å²) in [5.74, 6) is 0.270. The van der Waals surface area contributed by atoms with E-state index in [1.54, 1.807) is 36.7 Å². The van der Waals surface area contributed by atoms with Crippen LogP contribution in [-0.2, 0) is 16.0 Å². The van der Waals surface area contributed by atoms with Crippen molar-refractivity contribution in [3.63, 3.8) is 0 Å². The van der Waals surface area contributed by atoms with Crippen LogP contribution in [0.2, 0.25) is 0 Å². The Morgan fingerprint density at radius 2 is 2.18 bits per heavy atom. The van der Waals surface area contributed by atoms with Crippen LogP contribution in [0.15, 0.2) is 48.4 Å². The monoisotopic (exact) mass is 490 g/mol. The van der Waals surface area contributed by atoms with E-state index in [4.69, 9.17) is 9.47 Å². The van der Waals surface area contributed by atoms with E-state index in [0.29, 0.717) is 45.0 Å². The number of ether oxygens (including phenoxy) is 2. The third-order valence-corrected chi connectivity index (χ3v) is 6.99. The number of fused-ring (bicyclic) bond motifs is 1. The van der Waals surface area contributed by atoms with Crippen LogP contribution in [0.3, 0.4) is 0 Å². The van der Waals surface area contributed by atoms with Crippen LogP contribution < -0.4 is 4.74 Å². The summed E-state index contributed by atoms with van der Waals surface area (Å²) < 4.78 is 24.4. The summed E-state index contributed by atoms with van der Waals surface area (Å²) in [4.78, 5) is 18.7. The van der Waals surface area contributed by atoms with Crippen LogP contribution in [0.25, 0.3) is 0 Å². The van der Waals surface area contributed by atoms with Gasteiger partial charge in [0.05, 0.1) is 18.7 Å². The molecule has 0 radical (unpaired) electrons. The summed E-state index contributed by atoms with van der Waals surface area (Å²) in [5, 5.41) is 12.5. The molecular formula is C26H35FN2O4S. The Labute approximate surface area is 205 Å². The molecule has 0 aliphatic carbocycles. The van der Waals surface area contributed by atoms with Crippen molar-refractivity contribution in [2.24, 2.45) is 0 Å². The molecule has 0 fully saturated rings. The molecule has 0 saturated carbocycles. The van der Waals surface area contributed by atoms with E-state index in [0.717, 1.165) is 24.8 Å². The molecule has 2 heterocycles. The maximum Gasteiger partial charge on any atom is 0.237 e. The summed E-state index contributed by atoms with van der Waals surface area (Å²) in [6.45, 7) is 6.55. The summed E-state index contributed by atoms with van der Waals surface area (Å²) in [6, 6.07) is 7.78. The van der Waals surface area contributed by atoms with Gasteiger partial charge in [-0.1, -0.05) is 6.08 Å². The number of amides is 1. The summed E-state index contributed by atoms with van der Waals surface area (Å²) >= 11 is 1.70. The molecule has 2 atom stereocenters. The first-order chi connectivity index (χ1) is 16.5. The average molecular weight is 491 g/mol. The lowest BCUT2D eigenvalue weighted by Crippen LogP contribution is -2.48. The molecule has 0 spiro atoms. The van der Waals surface area contributed by atoms with Crippen molar-refractivity contribution >= 4 is 17.2 Å². The minimum Gasteiger partial charge on any atom is -0.491 e. The lowest BCUT2D eigenvalue weighted by atomic mass is 10.0. The van der Waals surface area contributed by atoms with Crippen molar-refractivity contribution < 1.29 is 23.8 Å². The number of thiophene rings is 1. The number of carbonyl (C=O) groups excluding carboxylic acids is 1. The SMILES string of the molecule is C=CCC[C@@H](O)CN(CCCOC)CC(=O)N1CCc2sccc2[C@@H]1COc1ccc(F)cc1. The van der Waals surface area contributed by atoms with Crippen molar-refractivity contribution in [2.45, 2.75) is 37.8 Å². The van der Waals surface area contributed by atoms with Crippen molar-refractivity contribution in [1.82, 2.24) is 9.80 Å². The maximum atomic E-state index is 13.5. The van der Waals surface area contributed by atoms with Gasteiger partial charge in [-0.2, -0.15) is 0 Å². The van der Waals surface area contributed by atoms with E-state index in [-0.39, 0.29) is 24.3 Å². The summed E-state index contributed by atoms with van der Waals surface area (Å²) in [5.41, 5.74) is 1.11. The maximum absolute atomic E-state index is 13.5. The Bertz CT molecular complexity index is 904. The van der Waals surface area contributed by atoms with Crippen molar-refractivity contribution in [3.05, 3.63) is 64.6 Å². The number of aliphatic hydroxyl groups excluding tert-OH is 1. The molecule has 0 bridgehead atoms. The second-order valence-electron chi connectivity index (χ2n) is 8.52. The molecule has 1 N–H and O–H groups in total. The van der Waals surface area contributed by atoms with Gasteiger partial charge < -0.3 is 19.5 Å². The van der Waals surface area contributed by atoms with Crippen LogP contribution in [0.4, 0.5) is 4.39 Å². The molecule has 34 heavy (non-hydrogen) atoms. The van der Waals surface area contributed by atoms with Gasteiger partial charge in [-0.3, -0.25) is 9.69 Å². The topological polar surface area (TPSA) is 62.2 Å². The third kappa shape index (κ3) is 7.63. The highest BCUT2D eigenvalue weighted by atomic mass is 32.1. The number of aliphatic hydroxyl groups is 1. The van der Waals surface area contributed by atoms with Gasteiger partial charge in [-0.25, -0.2) is 4.39 Å². The number of hydrogen-bond acceptors (Lipinski definition) is 6. The highest BCUT2D eigenvalue weighted by molar-refractivity contribution is 7.10. The molecule has 1 aliphatic rings. The Kier molecular flexibility index (Phi) is 10.5. The van der Waals surface area contributed by atoms with Crippen LogP contribution in [0.1, 0.15) is 35.7 Å². The predicted molar refractivity (Wildman–Crippen MR) is 133 cm³/mol.